The maximum absolute atomic E-state index is 13.0. The van der Waals surface area contributed by atoms with E-state index in [4.69, 9.17) is 9.47 Å². The van der Waals surface area contributed by atoms with Crippen LogP contribution in [0.2, 0.25) is 0 Å². The number of imidazole rings is 1. The molecule has 6 nitrogen and oxygen atoms in total. The van der Waals surface area contributed by atoms with Crippen LogP contribution in [0.4, 0.5) is 0 Å². The number of aromatic nitrogens is 2. The van der Waals surface area contributed by atoms with E-state index in [0.717, 1.165) is 11.1 Å². The molecule has 0 aliphatic rings. The van der Waals surface area contributed by atoms with Gasteiger partial charge in [-0.3, -0.25) is 0 Å². The number of fused-ring (bicyclic) bond motifs is 1. The third-order valence-electron chi connectivity index (χ3n) is 5.15. The minimum absolute atomic E-state index is 0.00426. The molecule has 0 saturated heterocycles. The summed E-state index contributed by atoms with van der Waals surface area (Å²) in [6, 6.07) is 22.4. The molecular weight excluding hydrogens is 412 g/mol. The average Bonchev–Trinajstić information content (AvgIpc) is 3.21. The minimum atomic E-state index is -3.46. The van der Waals surface area contributed by atoms with E-state index < -0.39 is 15.1 Å². The van der Waals surface area contributed by atoms with Crippen LogP contribution in [-0.2, 0) is 16.4 Å². The molecule has 0 amide bonds. The van der Waals surface area contributed by atoms with Gasteiger partial charge in [-0.15, -0.1) is 0 Å². The van der Waals surface area contributed by atoms with Gasteiger partial charge in [0.2, 0.25) is 0 Å². The van der Waals surface area contributed by atoms with Gasteiger partial charge in [-0.2, -0.15) is 0 Å². The lowest BCUT2D eigenvalue weighted by Crippen LogP contribution is -2.18. The van der Waals surface area contributed by atoms with Crippen molar-refractivity contribution < 1.29 is 17.9 Å². The van der Waals surface area contributed by atoms with E-state index in [1.807, 2.05) is 42.5 Å². The molecule has 7 heteroatoms. The summed E-state index contributed by atoms with van der Waals surface area (Å²) in [7, 11) is -1.88. The van der Waals surface area contributed by atoms with Crippen LogP contribution >= 0.6 is 0 Å². The highest BCUT2D eigenvalue weighted by Crippen LogP contribution is 2.32. The van der Waals surface area contributed by atoms with E-state index in [-0.39, 0.29) is 5.75 Å². The Labute approximate surface area is 181 Å². The van der Waals surface area contributed by atoms with Crippen molar-refractivity contribution in [3.05, 3.63) is 89.7 Å². The number of ether oxygens (including phenoxy) is 2. The number of hydrogen-bond acceptors (Lipinski definition) is 5. The summed E-state index contributed by atoms with van der Waals surface area (Å²) >= 11 is 0. The Bertz CT molecular complexity index is 1270. The van der Waals surface area contributed by atoms with Crippen LogP contribution in [0.1, 0.15) is 29.1 Å². The third-order valence-corrected chi connectivity index (χ3v) is 7.17. The van der Waals surface area contributed by atoms with Gasteiger partial charge in [0.25, 0.3) is 0 Å². The maximum Gasteiger partial charge on any atom is 0.164 e. The molecule has 160 valence electrons. The number of H-pyrrole nitrogens is 1. The number of benzene rings is 3. The van der Waals surface area contributed by atoms with E-state index in [9.17, 15) is 8.42 Å². The zero-order chi connectivity index (χ0) is 21.8. The Hall–Kier alpha value is -3.32. The Balaban J connectivity index is 1.64. The average molecular weight is 437 g/mol. The van der Waals surface area contributed by atoms with Gasteiger partial charge in [0.1, 0.15) is 29.2 Å². The molecule has 0 bridgehead atoms. The zero-order valence-electron chi connectivity index (χ0n) is 17.4. The molecule has 0 spiro atoms. The van der Waals surface area contributed by atoms with Crippen molar-refractivity contribution in [2.75, 3.05) is 12.9 Å². The largest absolute Gasteiger partial charge is 0.497 e. The van der Waals surface area contributed by atoms with Gasteiger partial charge >= 0.3 is 0 Å². The number of hydrogen-bond donors (Lipinski definition) is 1. The van der Waals surface area contributed by atoms with Gasteiger partial charge < -0.3 is 14.5 Å². The first-order valence-corrected chi connectivity index (χ1v) is 11.7. The topological polar surface area (TPSA) is 81.3 Å². The highest BCUT2D eigenvalue weighted by Gasteiger charge is 2.30. The van der Waals surface area contributed by atoms with Crippen molar-refractivity contribution in [3.8, 4) is 11.5 Å². The van der Waals surface area contributed by atoms with Crippen LogP contribution in [0, 0.1) is 0 Å². The second-order valence-electron chi connectivity index (χ2n) is 7.18. The van der Waals surface area contributed by atoms with Crippen LogP contribution in [-0.4, -0.2) is 31.2 Å². The molecule has 0 aliphatic carbocycles. The van der Waals surface area contributed by atoms with E-state index >= 15 is 0 Å². The first kappa shape index (κ1) is 20.9. The number of rotatable bonds is 8. The second-order valence-corrected chi connectivity index (χ2v) is 9.55. The highest BCUT2D eigenvalue weighted by molar-refractivity contribution is 7.91. The standard InChI is InChI=1S/C24H24N2O4S/c1-3-31(27,28)23(24-25-21-14-13-20(29-2)15-22(21)26-24)18-9-11-19(12-10-18)30-16-17-7-5-4-6-8-17/h4-15,23H,3,16H2,1-2H3,(H,25,26). The van der Waals surface area contributed by atoms with Gasteiger partial charge in [0.05, 0.1) is 18.1 Å². The first-order valence-electron chi connectivity index (χ1n) is 10.0. The monoisotopic (exact) mass is 436 g/mol. The van der Waals surface area contributed by atoms with Gasteiger partial charge in [0.15, 0.2) is 9.84 Å². The van der Waals surface area contributed by atoms with Gasteiger partial charge in [-0.05, 0) is 35.4 Å². The first-order chi connectivity index (χ1) is 15.0. The van der Waals surface area contributed by atoms with Crippen LogP contribution < -0.4 is 9.47 Å². The molecular formula is C24H24N2O4S. The zero-order valence-corrected chi connectivity index (χ0v) is 18.2. The van der Waals surface area contributed by atoms with Crippen molar-refractivity contribution in [3.63, 3.8) is 0 Å². The van der Waals surface area contributed by atoms with Gasteiger partial charge in [-0.25, -0.2) is 13.4 Å². The van der Waals surface area contributed by atoms with E-state index in [1.165, 1.54) is 0 Å². The van der Waals surface area contributed by atoms with Crippen LogP contribution in [0.15, 0.2) is 72.8 Å². The molecule has 4 rings (SSSR count). The fraction of sp³-hybridized carbons (Fsp3) is 0.208. The van der Waals surface area contributed by atoms with Crippen molar-refractivity contribution in [1.29, 1.82) is 0 Å². The fourth-order valence-electron chi connectivity index (χ4n) is 3.44. The molecule has 0 fully saturated rings. The van der Waals surface area contributed by atoms with Crippen LogP contribution in [0.25, 0.3) is 11.0 Å². The van der Waals surface area contributed by atoms with Crippen molar-refractivity contribution in [2.24, 2.45) is 0 Å². The van der Waals surface area contributed by atoms with E-state index in [2.05, 4.69) is 9.97 Å². The molecule has 0 radical (unpaired) electrons. The highest BCUT2D eigenvalue weighted by atomic mass is 32.2. The normalized spacial score (nSPS) is 12.6. The SMILES string of the molecule is CCS(=O)(=O)C(c1ccc(OCc2ccccc2)cc1)c1nc2ccc(OC)cc2[nH]1. The number of nitrogens with zero attached hydrogens (tertiary/aromatic N) is 1. The van der Waals surface area contributed by atoms with Crippen LogP contribution in [0.3, 0.4) is 0 Å². The quantitative estimate of drug-likeness (QED) is 0.434. The summed E-state index contributed by atoms with van der Waals surface area (Å²) in [5, 5.41) is -0.890. The summed E-state index contributed by atoms with van der Waals surface area (Å²) in [4.78, 5) is 7.73. The molecule has 1 atom stereocenters. The summed E-state index contributed by atoms with van der Waals surface area (Å²) in [5.41, 5.74) is 3.12. The van der Waals surface area contributed by atoms with Crippen LogP contribution in [0.5, 0.6) is 11.5 Å². The Morgan fingerprint density at radius 3 is 2.35 bits per heavy atom. The minimum Gasteiger partial charge on any atom is -0.497 e. The lowest BCUT2D eigenvalue weighted by molar-refractivity contribution is 0.306. The Kier molecular flexibility index (Phi) is 5.95. The van der Waals surface area contributed by atoms with Gasteiger partial charge in [0, 0.05) is 11.8 Å². The number of aromatic amines is 1. The number of nitrogens with one attached hydrogen (secondary N) is 1. The molecule has 1 N–H and O–H groups in total. The van der Waals surface area contributed by atoms with Crippen molar-refractivity contribution in [1.82, 2.24) is 9.97 Å². The van der Waals surface area contributed by atoms with E-state index in [0.29, 0.717) is 35.0 Å². The molecule has 1 aromatic heterocycles. The van der Waals surface area contributed by atoms with Crippen molar-refractivity contribution >= 4 is 20.9 Å². The Morgan fingerprint density at radius 2 is 1.68 bits per heavy atom. The van der Waals surface area contributed by atoms with Gasteiger partial charge in [-0.1, -0.05) is 49.4 Å². The molecule has 1 unspecified atom stereocenters. The summed E-state index contributed by atoms with van der Waals surface area (Å²) < 4.78 is 37.0. The summed E-state index contributed by atoms with van der Waals surface area (Å²) in [5.74, 6) is 1.75. The molecule has 31 heavy (non-hydrogen) atoms. The molecule has 4 aromatic rings. The van der Waals surface area contributed by atoms with E-state index in [1.54, 1.807) is 44.4 Å². The second kappa shape index (κ2) is 8.81. The third kappa shape index (κ3) is 4.56. The Morgan fingerprint density at radius 1 is 0.968 bits per heavy atom. The molecule has 0 saturated carbocycles. The molecule has 3 aromatic carbocycles. The number of sulfone groups is 1. The lowest BCUT2D eigenvalue weighted by Gasteiger charge is -2.16. The number of methoxy groups -OCH3 is 1. The molecule has 1 heterocycles. The van der Waals surface area contributed by atoms with Crippen molar-refractivity contribution in [2.45, 2.75) is 18.8 Å². The maximum atomic E-state index is 13.0. The predicted octanol–water partition coefficient (Wildman–Crippen LogP) is 4.67. The smallest absolute Gasteiger partial charge is 0.164 e. The lowest BCUT2D eigenvalue weighted by atomic mass is 10.1. The predicted molar refractivity (Wildman–Crippen MR) is 121 cm³/mol. The summed E-state index contributed by atoms with van der Waals surface area (Å²) in [6.45, 7) is 2.09. The molecule has 0 aliphatic heterocycles. The fourth-order valence-corrected chi connectivity index (χ4v) is 4.80. The summed E-state index contributed by atoms with van der Waals surface area (Å²) in [6.07, 6.45) is 0.